The normalized spacial score (nSPS) is 11.0. The number of anilines is 3. The summed E-state index contributed by atoms with van der Waals surface area (Å²) in [5.74, 6) is -0.254. The molecule has 3 N–H and O–H groups in total. The summed E-state index contributed by atoms with van der Waals surface area (Å²) in [6.07, 6.45) is -0.338. The van der Waals surface area contributed by atoms with Gasteiger partial charge in [-0.25, -0.2) is 18.7 Å². The van der Waals surface area contributed by atoms with Crippen molar-refractivity contribution in [2.75, 3.05) is 16.9 Å². The zero-order valence-electron chi connectivity index (χ0n) is 12.5. The van der Waals surface area contributed by atoms with Crippen molar-refractivity contribution >= 4 is 46.5 Å². The standard InChI is InChI=1S/C15H13F2N5OS/c1-24-10-5-3-2-4-8(10)19-9-6-11(18-7-23)20-14-12(9)21-15(22-14)13(16)17/h2-7,13H,1H3,(H3,18,19,20,21,22,23). The second-order valence-electron chi connectivity index (χ2n) is 4.76. The first-order valence-electron chi connectivity index (χ1n) is 6.91. The van der Waals surface area contributed by atoms with E-state index in [0.29, 0.717) is 17.6 Å². The molecule has 0 spiro atoms. The van der Waals surface area contributed by atoms with Gasteiger partial charge in [-0.2, -0.15) is 0 Å². The number of imidazole rings is 1. The van der Waals surface area contributed by atoms with Crippen molar-refractivity contribution in [3.63, 3.8) is 0 Å². The minimum atomic E-state index is -2.74. The molecule has 24 heavy (non-hydrogen) atoms. The first-order chi connectivity index (χ1) is 11.6. The summed E-state index contributed by atoms with van der Waals surface area (Å²) in [6.45, 7) is 0. The van der Waals surface area contributed by atoms with E-state index in [0.717, 1.165) is 10.6 Å². The van der Waals surface area contributed by atoms with Crippen LogP contribution in [0.4, 0.5) is 26.0 Å². The molecule has 0 saturated heterocycles. The van der Waals surface area contributed by atoms with E-state index in [-0.39, 0.29) is 11.5 Å². The van der Waals surface area contributed by atoms with Crippen LogP contribution in [0.25, 0.3) is 11.2 Å². The Morgan fingerprint density at radius 1 is 1.25 bits per heavy atom. The molecular weight excluding hydrogens is 336 g/mol. The lowest BCUT2D eigenvalue weighted by atomic mass is 10.2. The highest BCUT2D eigenvalue weighted by Gasteiger charge is 2.17. The van der Waals surface area contributed by atoms with Gasteiger partial charge >= 0.3 is 0 Å². The number of rotatable bonds is 6. The fourth-order valence-electron chi connectivity index (χ4n) is 2.24. The average molecular weight is 349 g/mol. The average Bonchev–Trinajstić information content (AvgIpc) is 3.00. The van der Waals surface area contributed by atoms with E-state index in [2.05, 4.69) is 25.6 Å². The maximum Gasteiger partial charge on any atom is 0.295 e. The molecule has 0 aliphatic heterocycles. The van der Waals surface area contributed by atoms with Gasteiger partial charge in [-0.15, -0.1) is 11.8 Å². The third-order valence-electron chi connectivity index (χ3n) is 3.27. The van der Waals surface area contributed by atoms with Crippen LogP contribution < -0.4 is 10.6 Å². The molecule has 9 heteroatoms. The van der Waals surface area contributed by atoms with E-state index in [1.807, 2.05) is 30.5 Å². The van der Waals surface area contributed by atoms with Crippen LogP contribution in [0.5, 0.6) is 0 Å². The lowest BCUT2D eigenvalue weighted by Crippen LogP contribution is -2.00. The van der Waals surface area contributed by atoms with Crippen molar-refractivity contribution in [2.24, 2.45) is 0 Å². The van der Waals surface area contributed by atoms with Gasteiger partial charge in [0.1, 0.15) is 11.3 Å². The van der Waals surface area contributed by atoms with Gasteiger partial charge in [-0.1, -0.05) is 12.1 Å². The van der Waals surface area contributed by atoms with Crippen LogP contribution in [0.3, 0.4) is 0 Å². The Kier molecular flexibility index (Phi) is 4.61. The molecule has 0 atom stereocenters. The number of benzene rings is 1. The van der Waals surface area contributed by atoms with Gasteiger partial charge in [0.25, 0.3) is 6.43 Å². The number of aromatic amines is 1. The summed E-state index contributed by atoms with van der Waals surface area (Å²) >= 11 is 1.55. The lowest BCUT2D eigenvalue weighted by molar-refractivity contribution is -0.105. The van der Waals surface area contributed by atoms with E-state index < -0.39 is 12.2 Å². The zero-order valence-corrected chi connectivity index (χ0v) is 13.3. The highest BCUT2D eigenvalue weighted by molar-refractivity contribution is 7.98. The van der Waals surface area contributed by atoms with E-state index in [4.69, 9.17) is 0 Å². The number of halogens is 2. The fraction of sp³-hybridized carbons (Fsp3) is 0.133. The summed E-state index contributed by atoms with van der Waals surface area (Å²) in [7, 11) is 0. The Hall–Kier alpha value is -2.68. The second-order valence-corrected chi connectivity index (χ2v) is 5.61. The Labute approximate surface area is 140 Å². The molecule has 0 fully saturated rings. The molecular formula is C15H13F2N5OS. The minimum absolute atomic E-state index is 0.0984. The van der Waals surface area contributed by atoms with E-state index in [1.54, 1.807) is 17.8 Å². The number of carbonyl (C=O) groups excluding carboxylic acids is 1. The Morgan fingerprint density at radius 2 is 2.04 bits per heavy atom. The molecule has 0 unspecified atom stereocenters. The Balaban J connectivity index is 2.11. The number of carbonyl (C=O) groups is 1. The fourth-order valence-corrected chi connectivity index (χ4v) is 2.79. The summed E-state index contributed by atoms with van der Waals surface area (Å²) in [5, 5.41) is 5.60. The minimum Gasteiger partial charge on any atom is -0.353 e. The molecule has 0 aliphatic carbocycles. The molecule has 0 aliphatic rings. The van der Waals surface area contributed by atoms with Crippen molar-refractivity contribution in [3.8, 4) is 0 Å². The van der Waals surface area contributed by atoms with E-state index in [1.165, 1.54) is 0 Å². The van der Waals surface area contributed by atoms with Gasteiger partial charge in [-0.3, -0.25) is 4.79 Å². The summed E-state index contributed by atoms with van der Waals surface area (Å²) in [4.78, 5) is 22.1. The number of para-hydroxylation sites is 1. The molecule has 1 aromatic carbocycles. The number of alkyl halides is 2. The maximum atomic E-state index is 12.9. The smallest absolute Gasteiger partial charge is 0.295 e. The van der Waals surface area contributed by atoms with Crippen molar-refractivity contribution in [1.29, 1.82) is 0 Å². The second kappa shape index (κ2) is 6.83. The highest BCUT2D eigenvalue weighted by atomic mass is 32.2. The third kappa shape index (κ3) is 3.16. The third-order valence-corrected chi connectivity index (χ3v) is 4.07. The molecule has 6 nitrogen and oxygen atoms in total. The SMILES string of the molecule is CSc1ccccc1Nc1cc(NC=O)nc2nc(C(F)F)[nH]c12. The summed E-state index contributed by atoms with van der Waals surface area (Å²) in [5.41, 5.74) is 1.74. The molecule has 3 rings (SSSR count). The molecule has 0 saturated carbocycles. The van der Waals surface area contributed by atoms with Gasteiger partial charge < -0.3 is 15.6 Å². The van der Waals surface area contributed by atoms with Gasteiger partial charge in [0.2, 0.25) is 6.41 Å². The molecule has 0 radical (unpaired) electrons. The zero-order chi connectivity index (χ0) is 17.1. The number of amides is 1. The van der Waals surface area contributed by atoms with Gasteiger partial charge in [0.15, 0.2) is 11.5 Å². The monoisotopic (exact) mass is 349 g/mol. The first-order valence-corrected chi connectivity index (χ1v) is 8.14. The summed E-state index contributed by atoms with van der Waals surface area (Å²) < 4.78 is 25.8. The molecule has 124 valence electrons. The Morgan fingerprint density at radius 3 is 2.75 bits per heavy atom. The van der Waals surface area contributed by atoms with Crippen LogP contribution in [0, 0.1) is 0 Å². The van der Waals surface area contributed by atoms with Crippen molar-refractivity contribution in [2.45, 2.75) is 11.3 Å². The van der Waals surface area contributed by atoms with Crippen molar-refractivity contribution in [1.82, 2.24) is 15.0 Å². The van der Waals surface area contributed by atoms with E-state index >= 15 is 0 Å². The number of pyridine rings is 1. The quantitative estimate of drug-likeness (QED) is 0.464. The van der Waals surface area contributed by atoms with Gasteiger partial charge in [0, 0.05) is 11.0 Å². The molecule has 1 amide bonds. The van der Waals surface area contributed by atoms with Crippen LogP contribution in [-0.4, -0.2) is 27.6 Å². The van der Waals surface area contributed by atoms with Crippen LogP contribution >= 0.6 is 11.8 Å². The van der Waals surface area contributed by atoms with Crippen molar-refractivity contribution in [3.05, 3.63) is 36.2 Å². The van der Waals surface area contributed by atoms with E-state index in [9.17, 15) is 13.6 Å². The number of H-pyrrole nitrogens is 1. The molecule has 2 heterocycles. The molecule has 2 aromatic heterocycles. The lowest BCUT2D eigenvalue weighted by Gasteiger charge is -2.12. The van der Waals surface area contributed by atoms with Crippen LogP contribution in [0.1, 0.15) is 12.2 Å². The number of hydrogen-bond donors (Lipinski definition) is 3. The predicted octanol–water partition coefficient (Wildman–Crippen LogP) is 3.93. The van der Waals surface area contributed by atoms with Gasteiger partial charge in [0.05, 0.1) is 11.4 Å². The van der Waals surface area contributed by atoms with Gasteiger partial charge in [-0.05, 0) is 18.4 Å². The Bertz CT molecular complexity index is 883. The molecule has 0 bridgehead atoms. The summed E-state index contributed by atoms with van der Waals surface area (Å²) in [6, 6.07) is 9.14. The largest absolute Gasteiger partial charge is 0.353 e. The number of thioether (sulfide) groups is 1. The number of fused-ring (bicyclic) bond motifs is 1. The highest BCUT2D eigenvalue weighted by Crippen LogP contribution is 2.32. The predicted molar refractivity (Wildman–Crippen MR) is 90.0 cm³/mol. The first kappa shape index (κ1) is 16.2. The number of nitrogens with one attached hydrogen (secondary N) is 3. The van der Waals surface area contributed by atoms with Crippen LogP contribution in [0.2, 0.25) is 0 Å². The number of nitrogens with zero attached hydrogens (tertiary/aromatic N) is 2. The van der Waals surface area contributed by atoms with Crippen LogP contribution in [-0.2, 0) is 4.79 Å². The topological polar surface area (TPSA) is 82.7 Å². The number of hydrogen-bond acceptors (Lipinski definition) is 5. The van der Waals surface area contributed by atoms with Crippen molar-refractivity contribution < 1.29 is 13.6 Å². The maximum absolute atomic E-state index is 12.9. The van der Waals surface area contributed by atoms with Crippen LogP contribution in [0.15, 0.2) is 35.2 Å². The molecule has 3 aromatic rings. The number of aromatic nitrogens is 3.